The summed E-state index contributed by atoms with van der Waals surface area (Å²) in [5.74, 6) is 0.721. The first-order valence-electron chi connectivity index (χ1n) is 10.1. The Kier molecular flexibility index (Phi) is 11.6. The fraction of sp³-hybridized carbons (Fsp3) is 0.667. The van der Waals surface area contributed by atoms with Gasteiger partial charge in [-0.25, -0.2) is 4.98 Å². The van der Waals surface area contributed by atoms with E-state index in [0.717, 1.165) is 63.3 Å². The molecule has 0 spiro atoms. The number of hydrogen-bond acceptors (Lipinski definition) is 4. The molecule has 0 aromatic carbocycles. The van der Waals surface area contributed by atoms with Crippen LogP contribution in [0.25, 0.3) is 0 Å². The Hall–Kier alpha value is -1.82. The van der Waals surface area contributed by atoms with Crippen molar-refractivity contribution in [3.8, 4) is 0 Å². The number of esters is 1. The Bertz CT molecular complexity index is 597. The first kappa shape index (κ1) is 24.2. The second-order valence-electron chi connectivity index (χ2n) is 7.68. The highest BCUT2D eigenvalue weighted by atomic mass is 35.5. The highest BCUT2D eigenvalue weighted by Crippen LogP contribution is 2.11. The maximum Gasteiger partial charge on any atom is 0.306 e. The first-order chi connectivity index (χ1) is 13.3. The standard InChI is InChI=1S/C21H35ClN4O2/c1-5-23-20(25-15-13-17-11-12-18(22)26-16-17)24-14-9-7-6-8-10-19(27)28-21(2,3)4/h11-12,16H,5-10,13-15H2,1-4H3,(H2,23,24,25). The number of aromatic nitrogens is 1. The molecule has 0 fully saturated rings. The third-order valence-electron chi connectivity index (χ3n) is 3.82. The smallest absolute Gasteiger partial charge is 0.306 e. The lowest BCUT2D eigenvalue weighted by Gasteiger charge is -2.19. The van der Waals surface area contributed by atoms with Crippen LogP contribution in [0.3, 0.4) is 0 Å². The molecule has 28 heavy (non-hydrogen) atoms. The van der Waals surface area contributed by atoms with Gasteiger partial charge in [-0.05, 0) is 58.6 Å². The van der Waals surface area contributed by atoms with Gasteiger partial charge < -0.3 is 15.4 Å². The zero-order chi connectivity index (χ0) is 20.8. The number of rotatable bonds is 11. The molecule has 0 aliphatic carbocycles. The van der Waals surface area contributed by atoms with E-state index in [1.54, 1.807) is 12.3 Å². The van der Waals surface area contributed by atoms with Crippen molar-refractivity contribution >= 4 is 23.5 Å². The molecule has 1 heterocycles. The van der Waals surface area contributed by atoms with Crippen molar-refractivity contribution in [2.45, 2.75) is 71.8 Å². The van der Waals surface area contributed by atoms with Crippen molar-refractivity contribution in [2.24, 2.45) is 4.99 Å². The largest absolute Gasteiger partial charge is 0.460 e. The van der Waals surface area contributed by atoms with Crippen LogP contribution in [0.5, 0.6) is 0 Å². The summed E-state index contributed by atoms with van der Waals surface area (Å²) in [5, 5.41) is 7.11. The summed E-state index contributed by atoms with van der Waals surface area (Å²) in [7, 11) is 0. The van der Waals surface area contributed by atoms with E-state index in [1.807, 2.05) is 26.8 Å². The number of nitrogens with zero attached hydrogens (tertiary/aromatic N) is 2. The lowest BCUT2D eigenvalue weighted by atomic mass is 10.1. The summed E-state index contributed by atoms with van der Waals surface area (Å²) < 4.78 is 5.31. The van der Waals surface area contributed by atoms with Gasteiger partial charge in [-0.3, -0.25) is 9.79 Å². The molecule has 0 unspecified atom stereocenters. The average Bonchev–Trinajstić information content (AvgIpc) is 2.61. The van der Waals surface area contributed by atoms with Gasteiger partial charge in [0.25, 0.3) is 0 Å². The van der Waals surface area contributed by atoms with Gasteiger partial charge in [-0.2, -0.15) is 0 Å². The molecule has 158 valence electrons. The highest BCUT2D eigenvalue weighted by molar-refractivity contribution is 6.29. The Morgan fingerprint density at radius 2 is 1.93 bits per heavy atom. The number of halogens is 1. The molecule has 7 heteroatoms. The molecule has 0 aliphatic rings. The zero-order valence-corrected chi connectivity index (χ0v) is 18.4. The number of hydrogen-bond donors (Lipinski definition) is 2. The van der Waals surface area contributed by atoms with Crippen molar-refractivity contribution in [2.75, 3.05) is 19.6 Å². The normalized spacial score (nSPS) is 12.0. The molecule has 1 aromatic heterocycles. The van der Waals surface area contributed by atoms with Crippen molar-refractivity contribution < 1.29 is 9.53 Å². The molecule has 0 saturated heterocycles. The van der Waals surface area contributed by atoms with Gasteiger partial charge in [-0.1, -0.05) is 30.5 Å². The van der Waals surface area contributed by atoms with E-state index in [1.165, 1.54) is 0 Å². The molecule has 1 aromatic rings. The van der Waals surface area contributed by atoms with Crippen LogP contribution in [-0.4, -0.2) is 42.1 Å². The zero-order valence-electron chi connectivity index (χ0n) is 17.7. The second kappa shape index (κ2) is 13.4. The Labute approximate surface area is 174 Å². The monoisotopic (exact) mass is 410 g/mol. The number of carbonyl (C=O) groups excluding carboxylic acids is 1. The molecule has 0 radical (unpaired) electrons. The summed E-state index contributed by atoms with van der Waals surface area (Å²) in [6.07, 6.45) is 7.09. The van der Waals surface area contributed by atoms with E-state index in [-0.39, 0.29) is 5.97 Å². The third kappa shape index (κ3) is 12.5. The average molecular weight is 411 g/mol. The van der Waals surface area contributed by atoms with E-state index >= 15 is 0 Å². The Morgan fingerprint density at radius 1 is 1.18 bits per heavy atom. The maximum atomic E-state index is 11.7. The summed E-state index contributed by atoms with van der Waals surface area (Å²) in [5.41, 5.74) is 0.740. The minimum absolute atomic E-state index is 0.111. The molecular formula is C21H35ClN4O2. The fourth-order valence-electron chi connectivity index (χ4n) is 2.54. The fourth-order valence-corrected chi connectivity index (χ4v) is 2.65. The SMILES string of the molecule is CCNC(=NCCCCCCC(=O)OC(C)(C)C)NCCc1ccc(Cl)nc1. The molecule has 6 nitrogen and oxygen atoms in total. The Balaban J connectivity index is 2.18. The first-order valence-corrected chi connectivity index (χ1v) is 10.5. The highest BCUT2D eigenvalue weighted by Gasteiger charge is 2.15. The van der Waals surface area contributed by atoms with Crippen LogP contribution in [-0.2, 0) is 16.0 Å². The summed E-state index contributed by atoms with van der Waals surface area (Å²) in [4.78, 5) is 20.4. The number of carbonyl (C=O) groups is 1. The minimum Gasteiger partial charge on any atom is -0.460 e. The van der Waals surface area contributed by atoms with E-state index in [4.69, 9.17) is 16.3 Å². The van der Waals surface area contributed by atoms with E-state index in [2.05, 4.69) is 27.5 Å². The van der Waals surface area contributed by atoms with Crippen molar-refractivity contribution in [1.82, 2.24) is 15.6 Å². The van der Waals surface area contributed by atoms with Gasteiger partial charge in [0.2, 0.25) is 0 Å². The molecular weight excluding hydrogens is 376 g/mol. The van der Waals surface area contributed by atoms with Crippen LogP contribution >= 0.6 is 11.6 Å². The number of ether oxygens (including phenoxy) is 1. The van der Waals surface area contributed by atoms with Crippen molar-refractivity contribution in [3.05, 3.63) is 29.0 Å². The molecule has 1 rings (SSSR count). The second-order valence-corrected chi connectivity index (χ2v) is 8.06. The summed E-state index contributed by atoms with van der Waals surface area (Å²) in [6.45, 7) is 10.1. The summed E-state index contributed by atoms with van der Waals surface area (Å²) in [6, 6.07) is 3.79. The van der Waals surface area contributed by atoms with Gasteiger partial charge in [-0.15, -0.1) is 0 Å². The van der Waals surface area contributed by atoms with Crippen LogP contribution in [0.1, 0.15) is 65.4 Å². The van der Waals surface area contributed by atoms with Gasteiger partial charge in [0.1, 0.15) is 10.8 Å². The topological polar surface area (TPSA) is 75.6 Å². The van der Waals surface area contributed by atoms with Crippen LogP contribution in [0, 0.1) is 0 Å². The Morgan fingerprint density at radius 3 is 2.57 bits per heavy atom. The number of nitrogens with one attached hydrogen (secondary N) is 2. The number of aliphatic imine (C=N–C) groups is 1. The molecule has 0 amide bonds. The molecule has 0 saturated carbocycles. The number of guanidine groups is 1. The van der Waals surface area contributed by atoms with Gasteiger partial charge in [0, 0.05) is 32.3 Å². The molecule has 0 bridgehead atoms. The summed E-state index contributed by atoms with van der Waals surface area (Å²) >= 11 is 5.80. The predicted molar refractivity (Wildman–Crippen MR) is 116 cm³/mol. The third-order valence-corrected chi connectivity index (χ3v) is 4.04. The molecule has 0 aliphatic heterocycles. The number of pyridine rings is 1. The minimum atomic E-state index is -0.397. The molecule has 2 N–H and O–H groups in total. The van der Waals surface area contributed by atoms with Crippen LogP contribution in [0.4, 0.5) is 0 Å². The van der Waals surface area contributed by atoms with E-state index in [0.29, 0.717) is 11.6 Å². The van der Waals surface area contributed by atoms with Crippen LogP contribution < -0.4 is 10.6 Å². The van der Waals surface area contributed by atoms with E-state index in [9.17, 15) is 4.79 Å². The lowest BCUT2D eigenvalue weighted by Crippen LogP contribution is -2.38. The molecule has 0 atom stereocenters. The van der Waals surface area contributed by atoms with Crippen LogP contribution in [0.15, 0.2) is 23.3 Å². The number of unbranched alkanes of at least 4 members (excludes halogenated alkanes) is 3. The predicted octanol–water partition coefficient (Wildman–Crippen LogP) is 4.12. The maximum absolute atomic E-state index is 11.7. The van der Waals surface area contributed by atoms with E-state index < -0.39 is 5.60 Å². The lowest BCUT2D eigenvalue weighted by molar-refractivity contribution is -0.154. The van der Waals surface area contributed by atoms with Gasteiger partial charge in [0.15, 0.2) is 5.96 Å². The van der Waals surface area contributed by atoms with Gasteiger partial charge >= 0.3 is 5.97 Å². The quantitative estimate of drug-likeness (QED) is 0.188. The van der Waals surface area contributed by atoms with Crippen molar-refractivity contribution in [1.29, 1.82) is 0 Å². The van der Waals surface area contributed by atoms with Crippen molar-refractivity contribution in [3.63, 3.8) is 0 Å². The van der Waals surface area contributed by atoms with Gasteiger partial charge in [0.05, 0.1) is 0 Å². The van der Waals surface area contributed by atoms with Crippen LogP contribution in [0.2, 0.25) is 5.15 Å².